The maximum absolute atomic E-state index is 12.5. The van der Waals surface area contributed by atoms with Crippen LogP contribution in [0.4, 0.5) is 0 Å². The minimum atomic E-state index is 0. The Morgan fingerprint density at radius 3 is 2.34 bits per heavy atom. The molecular formula is C20H35IN6OS. The first-order valence-corrected chi connectivity index (χ1v) is 11.3. The van der Waals surface area contributed by atoms with Crippen molar-refractivity contribution >= 4 is 47.2 Å². The Bertz CT molecular complexity index is 681. The molecule has 0 saturated carbocycles. The highest BCUT2D eigenvalue weighted by molar-refractivity contribution is 14.0. The monoisotopic (exact) mass is 534 g/mol. The Balaban J connectivity index is 0.00000300. The van der Waals surface area contributed by atoms with Crippen LogP contribution in [-0.2, 0) is 11.3 Å². The summed E-state index contributed by atoms with van der Waals surface area (Å²) in [7, 11) is 0. The lowest BCUT2D eigenvalue weighted by atomic mass is 10.1. The number of rotatable bonds is 5. The largest absolute Gasteiger partial charge is 0.357 e. The number of likely N-dealkylation sites (tertiary alicyclic amines) is 1. The molecule has 9 heteroatoms. The summed E-state index contributed by atoms with van der Waals surface area (Å²) >= 11 is 1.73. The second-order valence-corrected chi connectivity index (χ2v) is 8.90. The Hall–Kier alpha value is -0.940. The zero-order valence-corrected chi connectivity index (χ0v) is 21.1. The molecular weight excluding hydrogens is 499 g/mol. The number of aromatic nitrogens is 1. The van der Waals surface area contributed by atoms with Crippen molar-refractivity contribution < 1.29 is 4.79 Å². The summed E-state index contributed by atoms with van der Waals surface area (Å²) in [5, 5.41) is 4.52. The molecule has 1 N–H and O–H groups in total. The van der Waals surface area contributed by atoms with Crippen molar-refractivity contribution in [3.8, 4) is 0 Å². The Kier molecular flexibility index (Phi) is 10.1. The van der Waals surface area contributed by atoms with Crippen molar-refractivity contribution in [1.82, 2.24) is 25.0 Å². The van der Waals surface area contributed by atoms with Crippen LogP contribution < -0.4 is 5.32 Å². The Morgan fingerprint density at radius 1 is 1.07 bits per heavy atom. The van der Waals surface area contributed by atoms with Crippen LogP contribution >= 0.6 is 35.3 Å². The predicted octanol–water partition coefficient (Wildman–Crippen LogP) is 2.47. The molecule has 7 nitrogen and oxygen atoms in total. The summed E-state index contributed by atoms with van der Waals surface area (Å²) in [6, 6.07) is 0. The lowest BCUT2D eigenvalue weighted by Crippen LogP contribution is -2.54. The molecule has 3 rings (SSSR count). The summed E-state index contributed by atoms with van der Waals surface area (Å²) in [5.74, 6) is 1.26. The zero-order chi connectivity index (χ0) is 19.9. The molecule has 0 aromatic carbocycles. The number of aliphatic imine (C=N–C) groups is 1. The standard InChI is InChI=1S/C20H34N6OS.HI/c1-4-21-20(22-14-18-16(2)23-17(3)28-18)26-12-10-24(11-13-26)15-19(27)25-8-6-5-7-9-25;/h4-15H2,1-3H3,(H,21,22);1H. The van der Waals surface area contributed by atoms with E-state index in [0.717, 1.165) is 75.3 Å². The molecule has 0 bridgehead atoms. The molecule has 164 valence electrons. The molecule has 1 amide bonds. The van der Waals surface area contributed by atoms with E-state index in [9.17, 15) is 4.79 Å². The summed E-state index contributed by atoms with van der Waals surface area (Å²) in [5.41, 5.74) is 1.09. The highest BCUT2D eigenvalue weighted by Gasteiger charge is 2.24. The van der Waals surface area contributed by atoms with Crippen molar-refractivity contribution in [2.45, 2.75) is 46.6 Å². The van der Waals surface area contributed by atoms with Crippen molar-refractivity contribution in [2.75, 3.05) is 52.4 Å². The van der Waals surface area contributed by atoms with Gasteiger partial charge >= 0.3 is 0 Å². The average Bonchev–Trinajstić information content (AvgIpc) is 3.03. The fraction of sp³-hybridized carbons (Fsp3) is 0.750. The number of nitrogens with zero attached hydrogens (tertiary/aromatic N) is 5. The third-order valence-electron chi connectivity index (χ3n) is 5.45. The highest BCUT2D eigenvalue weighted by Crippen LogP contribution is 2.18. The first-order chi connectivity index (χ1) is 13.6. The van der Waals surface area contributed by atoms with Gasteiger partial charge < -0.3 is 15.1 Å². The smallest absolute Gasteiger partial charge is 0.236 e. The maximum Gasteiger partial charge on any atom is 0.236 e. The minimum absolute atomic E-state index is 0. The molecule has 0 spiro atoms. The number of piperidine rings is 1. The molecule has 2 aliphatic rings. The lowest BCUT2D eigenvalue weighted by Gasteiger charge is -2.37. The van der Waals surface area contributed by atoms with Crippen molar-refractivity contribution in [2.24, 2.45) is 4.99 Å². The molecule has 0 aliphatic carbocycles. The third kappa shape index (κ3) is 7.06. The number of guanidine groups is 1. The molecule has 29 heavy (non-hydrogen) atoms. The van der Waals surface area contributed by atoms with E-state index in [-0.39, 0.29) is 24.0 Å². The first kappa shape index (κ1) is 24.3. The Labute approximate surface area is 196 Å². The van der Waals surface area contributed by atoms with E-state index in [1.807, 2.05) is 11.8 Å². The van der Waals surface area contributed by atoms with Gasteiger partial charge in [-0.1, -0.05) is 0 Å². The molecule has 2 fully saturated rings. The molecule has 0 unspecified atom stereocenters. The van der Waals surface area contributed by atoms with Gasteiger partial charge in [0.2, 0.25) is 5.91 Å². The van der Waals surface area contributed by atoms with Crippen LogP contribution in [0.5, 0.6) is 0 Å². The highest BCUT2D eigenvalue weighted by atomic mass is 127. The SMILES string of the molecule is CCNC(=NCc1sc(C)nc1C)N1CCN(CC(=O)N2CCCCC2)CC1.I. The quantitative estimate of drug-likeness (QED) is 0.358. The number of nitrogens with one attached hydrogen (secondary N) is 1. The first-order valence-electron chi connectivity index (χ1n) is 10.5. The van der Waals surface area contributed by atoms with Gasteiger partial charge in [-0.15, -0.1) is 35.3 Å². The molecule has 1 aromatic heterocycles. The number of amides is 1. The second-order valence-electron chi connectivity index (χ2n) is 7.62. The zero-order valence-electron chi connectivity index (χ0n) is 17.9. The number of carbonyl (C=O) groups excluding carboxylic acids is 1. The van der Waals surface area contributed by atoms with E-state index in [1.54, 1.807) is 11.3 Å². The number of piperazine rings is 1. The van der Waals surface area contributed by atoms with E-state index in [0.29, 0.717) is 19.0 Å². The van der Waals surface area contributed by atoms with Gasteiger partial charge in [-0.05, 0) is 40.0 Å². The normalized spacial score (nSPS) is 18.5. The van der Waals surface area contributed by atoms with Crippen LogP contribution in [0.15, 0.2) is 4.99 Å². The summed E-state index contributed by atoms with van der Waals surface area (Å²) < 4.78 is 0. The summed E-state index contributed by atoms with van der Waals surface area (Å²) in [6.45, 7) is 13.8. The van der Waals surface area contributed by atoms with Crippen LogP contribution in [0.1, 0.15) is 41.8 Å². The molecule has 2 aliphatic heterocycles. The fourth-order valence-electron chi connectivity index (χ4n) is 3.85. The minimum Gasteiger partial charge on any atom is -0.357 e. The van der Waals surface area contributed by atoms with Crippen LogP contribution in [0.2, 0.25) is 0 Å². The van der Waals surface area contributed by atoms with Gasteiger partial charge in [0.15, 0.2) is 5.96 Å². The Morgan fingerprint density at radius 2 is 1.76 bits per heavy atom. The van der Waals surface area contributed by atoms with Gasteiger partial charge in [0.25, 0.3) is 0 Å². The number of hydrogen-bond donors (Lipinski definition) is 1. The van der Waals surface area contributed by atoms with Crippen LogP contribution in [0, 0.1) is 13.8 Å². The van der Waals surface area contributed by atoms with Gasteiger partial charge in [0.05, 0.1) is 23.8 Å². The molecule has 3 heterocycles. The van der Waals surface area contributed by atoms with E-state index < -0.39 is 0 Å². The van der Waals surface area contributed by atoms with Gasteiger partial charge in [-0.2, -0.15) is 0 Å². The fourth-order valence-corrected chi connectivity index (χ4v) is 4.71. The third-order valence-corrected chi connectivity index (χ3v) is 6.50. The van der Waals surface area contributed by atoms with Crippen LogP contribution in [0.25, 0.3) is 0 Å². The van der Waals surface area contributed by atoms with Crippen LogP contribution in [-0.4, -0.2) is 83.9 Å². The second kappa shape index (κ2) is 12.0. The van der Waals surface area contributed by atoms with E-state index >= 15 is 0 Å². The number of halogens is 1. The van der Waals surface area contributed by atoms with E-state index in [2.05, 4.69) is 33.9 Å². The van der Waals surface area contributed by atoms with Crippen LogP contribution in [0.3, 0.4) is 0 Å². The van der Waals surface area contributed by atoms with E-state index in [4.69, 9.17) is 4.99 Å². The number of carbonyl (C=O) groups is 1. The topological polar surface area (TPSA) is 64.1 Å². The van der Waals surface area contributed by atoms with Crippen molar-refractivity contribution in [3.05, 3.63) is 15.6 Å². The van der Waals surface area contributed by atoms with E-state index in [1.165, 1.54) is 11.3 Å². The number of aryl methyl sites for hydroxylation is 2. The number of thiazole rings is 1. The summed E-state index contributed by atoms with van der Waals surface area (Å²) in [6.07, 6.45) is 3.57. The molecule has 0 atom stereocenters. The average molecular weight is 535 g/mol. The predicted molar refractivity (Wildman–Crippen MR) is 130 cm³/mol. The number of hydrogen-bond acceptors (Lipinski definition) is 5. The summed E-state index contributed by atoms with van der Waals surface area (Å²) in [4.78, 5) is 29.7. The van der Waals surface area contributed by atoms with Gasteiger partial charge in [0, 0.05) is 50.7 Å². The molecule has 0 radical (unpaired) electrons. The van der Waals surface area contributed by atoms with Gasteiger partial charge in [-0.3, -0.25) is 9.69 Å². The lowest BCUT2D eigenvalue weighted by molar-refractivity contribution is -0.133. The van der Waals surface area contributed by atoms with Gasteiger partial charge in [0.1, 0.15) is 0 Å². The van der Waals surface area contributed by atoms with Crippen molar-refractivity contribution in [1.29, 1.82) is 0 Å². The maximum atomic E-state index is 12.5. The van der Waals surface area contributed by atoms with Crippen molar-refractivity contribution in [3.63, 3.8) is 0 Å². The molecule has 2 saturated heterocycles. The van der Waals surface area contributed by atoms with Gasteiger partial charge in [-0.25, -0.2) is 9.98 Å². The molecule has 1 aromatic rings.